The highest BCUT2D eigenvalue weighted by Crippen LogP contribution is 2.31. The van der Waals surface area contributed by atoms with Crippen LogP contribution in [0.3, 0.4) is 0 Å². The van der Waals surface area contributed by atoms with Crippen molar-refractivity contribution in [2.24, 2.45) is 5.73 Å². The molecule has 1 aromatic rings. The Hall–Kier alpha value is -0.610. The normalized spacial score (nSPS) is 12.6. The number of rotatable bonds is 3. The van der Waals surface area contributed by atoms with E-state index in [2.05, 4.69) is 15.9 Å². The van der Waals surface area contributed by atoms with Crippen molar-refractivity contribution in [1.29, 1.82) is 0 Å². The minimum absolute atomic E-state index is 0.106. The molecule has 0 bridgehead atoms. The summed E-state index contributed by atoms with van der Waals surface area (Å²) in [6.07, 6.45) is 0. The van der Waals surface area contributed by atoms with Gasteiger partial charge in [0.2, 0.25) is 0 Å². The summed E-state index contributed by atoms with van der Waals surface area (Å²) in [6, 6.07) is 3.14. The van der Waals surface area contributed by atoms with Gasteiger partial charge in [0.1, 0.15) is 11.6 Å². The molecular formula is C10H13BrFNO. The first-order chi connectivity index (χ1) is 6.60. The second kappa shape index (κ2) is 4.75. The van der Waals surface area contributed by atoms with Crippen LogP contribution in [0.25, 0.3) is 0 Å². The molecule has 14 heavy (non-hydrogen) atoms. The zero-order chi connectivity index (χ0) is 10.7. The first-order valence-corrected chi connectivity index (χ1v) is 5.12. The zero-order valence-electron chi connectivity index (χ0n) is 8.18. The number of halogens is 2. The molecule has 1 aromatic carbocycles. The number of benzene rings is 1. The number of hydrogen-bond donors (Lipinski definition) is 1. The minimum Gasteiger partial charge on any atom is -0.497 e. The van der Waals surface area contributed by atoms with Crippen LogP contribution in [-0.4, -0.2) is 13.7 Å². The maximum atomic E-state index is 13.4. The molecule has 0 spiro atoms. The van der Waals surface area contributed by atoms with Gasteiger partial charge in [0, 0.05) is 6.07 Å². The first-order valence-electron chi connectivity index (χ1n) is 4.33. The summed E-state index contributed by atoms with van der Waals surface area (Å²) in [6.45, 7) is 2.42. The molecule has 0 saturated heterocycles. The number of ether oxygens (including phenoxy) is 1. The third kappa shape index (κ3) is 2.25. The van der Waals surface area contributed by atoms with Crippen LogP contribution in [0, 0.1) is 5.82 Å². The molecule has 1 unspecified atom stereocenters. The molecule has 0 fully saturated rings. The van der Waals surface area contributed by atoms with Gasteiger partial charge in [-0.25, -0.2) is 4.39 Å². The molecule has 0 aliphatic rings. The molecule has 0 radical (unpaired) electrons. The Kier molecular flexibility index (Phi) is 3.89. The lowest BCUT2D eigenvalue weighted by Gasteiger charge is -2.13. The van der Waals surface area contributed by atoms with Crippen LogP contribution in [0.4, 0.5) is 4.39 Å². The maximum absolute atomic E-state index is 13.4. The standard InChI is InChI=1S/C10H13BrFNO/c1-6(5-13)8-3-7(14-2)4-9(12)10(8)11/h3-4,6H,5,13H2,1-2H3. The van der Waals surface area contributed by atoms with Crippen molar-refractivity contribution >= 4 is 15.9 Å². The van der Waals surface area contributed by atoms with Crippen molar-refractivity contribution in [2.75, 3.05) is 13.7 Å². The number of hydrogen-bond acceptors (Lipinski definition) is 2. The predicted molar refractivity (Wildman–Crippen MR) is 58.1 cm³/mol. The molecule has 0 aromatic heterocycles. The van der Waals surface area contributed by atoms with Crippen LogP contribution >= 0.6 is 15.9 Å². The van der Waals surface area contributed by atoms with E-state index in [4.69, 9.17) is 10.5 Å². The van der Waals surface area contributed by atoms with Gasteiger partial charge in [-0.2, -0.15) is 0 Å². The highest BCUT2D eigenvalue weighted by Gasteiger charge is 2.13. The minimum atomic E-state index is -0.320. The van der Waals surface area contributed by atoms with Crippen molar-refractivity contribution in [2.45, 2.75) is 12.8 Å². The average molecular weight is 262 g/mol. The quantitative estimate of drug-likeness (QED) is 0.908. The summed E-state index contributed by atoms with van der Waals surface area (Å²) in [7, 11) is 1.51. The van der Waals surface area contributed by atoms with Gasteiger partial charge in [0.05, 0.1) is 11.6 Å². The van der Waals surface area contributed by atoms with E-state index >= 15 is 0 Å². The topological polar surface area (TPSA) is 35.2 Å². The molecule has 1 rings (SSSR count). The summed E-state index contributed by atoms with van der Waals surface area (Å²) < 4.78 is 18.8. The Morgan fingerprint density at radius 3 is 2.71 bits per heavy atom. The van der Waals surface area contributed by atoms with E-state index in [1.807, 2.05) is 6.92 Å². The molecule has 0 saturated carbocycles. The van der Waals surface area contributed by atoms with Gasteiger partial charge in [-0.3, -0.25) is 0 Å². The third-order valence-corrected chi connectivity index (χ3v) is 2.99. The molecule has 0 aliphatic heterocycles. The third-order valence-electron chi connectivity index (χ3n) is 2.15. The first kappa shape index (κ1) is 11.5. The van der Waals surface area contributed by atoms with Gasteiger partial charge in [0.25, 0.3) is 0 Å². The van der Waals surface area contributed by atoms with E-state index in [0.29, 0.717) is 16.8 Å². The smallest absolute Gasteiger partial charge is 0.141 e. The Bertz CT molecular complexity index is 330. The number of nitrogens with two attached hydrogens (primary N) is 1. The summed E-state index contributed by atoms with van der Waals surface area (Å²) in [5.41, 5.74) is 6.37. The highest BCUT2D eigenvalue weighted by atomic mass is 79.9. The fourth-order valence-electron chi connectivity index (χ4n) is 1.19. The SMILES string of the molecule is COc1cc(F)c(Br)c(C(C)CN)c1. The summed E-state index contributed by atoms with van der Waals surface area (Å²) in [5.74, 6) is 0.301. The van der Waals surface area contributed by atoms with Gasteiger partial charge in [-0.15, -0.1) is 0 Å². The molecule has 78 valence electrons. The van der Waals surface area contributed by atoms with Crippen molar-refractivity contribution in [3.05, 3.63) is 28.0 Å². The molecular weight excluding hydrogens is 249 g/mol. The molecule has 0 heterocycles. The summed E-state index contributed by atoms with van der Waals surface area (Å²) >= 11 is 3.20. The lowest BCUT2D eigenvalue weighted by Crippen LogP contribution is -2.10. The van der Waals surface area contributed by atoms with E-state index in [0.717, 1.165) is 5.56 Å². The van der Waals surface area contributed by atoms with Crippen LogP contribution < -0.4 is 10.5 Å². The molecule has 2 nitrogen and oxygen atoms in total. The van der Waals surface area contributed by atoms with Crippen LogP contribution in [-0.2, 0) is 0 Å². The fraction of sp³-hybridized carbons (Fsp3) is 0.400. The monoisotopic (exact) mass is 261 g/mol. The number of methoxy groups -OCH3 is 1. The molecule has 0 aliphatic carbocycles. The fourth-order valence-corrected chi connectivity index (χ4v) is 1.81. The Morgan fingerprint density at radius 2 is 2.21 bits per heavy atom. The summed E-state index contributed by atoms with van der Waals surface area (Å²) in [5, 5.41) is 0. The van der Waals surface area contributed by atoms with Gasteiger partial charge >= 0.3 is 0 Å². The van der Waals surface area contributed by atoms with Crippen LogP contribution in [0.2, 0.25) is 0 Å². The average Bonchev–Trinajstić information content (AvgIpc) is 2.20. The molecule has 0 amide bonds. The van der Waals surface area contributed by atoms with Crippen LogP contribution in [0.5, 0.6) is 5.75 Å². The molecule has 1 atom stereocenters. The van der Waals surface area contributed by atoms with Crippen molar-refractivity contribution in [3.8, 4) is 5.75 Å². The lowest BCUT2D eigenvalue weighted by atomic mass is 10.0. The lowest BCUT2D eigenvalue weighted by molar-refractivity contribution is 0.409. The van der Waals surface area contributed by atoms with Crippen LogP contribution in [0.1, 0.15) is 18.4 Å². The second-order valence-electron chi connectivity index (χ2n) is 3.15. The Balaban J connectivity index is 3.20. The predicted octanol–water partition coefficient (Wildman–Crippen LogP) is 2.66. The highest BCUT2D eigenvalue weighted by molar-refractivity contribution is 9.10. The van der Waals surface area contributed by atoms with E-state index < -0.39 is 0 Å². The second-order valence-corrected chi connectivity index (χ2v) is 3.94. The van der Waals surface area contributed by atoms with Crippen molar-refractivity contribution in [3.63, 3.8) is 0 Å². The summed E-state index contributed by atoms with van der Waals surface area (Å²) in [4.78, 5) is 0. The van der Waals surface area contributed by atoms with Crippen molar-refractivity contribution < 1.29 is 9.13 Å². The van der Waals surface area contributed by atoms with Gasteiger partial charge in [-0.05, 0) is 40.0 Å². The van der Waals surface area contributed by atoms with E-state index in [9.17, 15) is 4.39 Å². The zero-order valence-corrected chi connectivity index (χ0v) is 9.77. The van der Waals surface area contributed by atoms with E-state index in [1.54, 1.807) is 6.07 Å². The van der Waals surface area contributed by atoms with E-state index in [-0.39, 0.29) is 11.7 Å². The van der Waals surface area contributed by atoms with Gasteiger partial charge in [0.15, 0.2) is 0 Å². The maximum Gasteiger partial charge on any atom is 0.141 e. The Labute approximate surface area is 91.4 Å². The van der Waals surface area contributed by atoms with E-state index in [1.165, 1.54) is 13.2 Å². The largest absolute Gasteiger partial charge is 0.497 e. The van der Waals surface area contributed by atoms with Crippen LogP contribution in [0.15, 0.2) is 16.6 Å². The van der Waals surface area contributed by atoms with Gasteiger partial charge in [-0.1, -0.05) is 6.92 Å². The van der Waals surface area contributed by atoms with Gasteiger partial charge < -0.3 is 10.5 Å². The molecule has 2 N–H and O–H groups in total. The molecule has 4 heteroatoms. The Morgan fingerprint density at radius 1 is 1.57 bits per heavy atom. The van der Waals surface area contributed by atoms with Crippen molar-refractivity contribution in [1.82, 2.24) is 0 Å².